The van der Waals surface area contributed by atoms with E-state index in [1.807, 2.05) is 0 Å². The molecule has 1 aliphatic rings. The Bertz CT molecular complexity index is 422. The third-order valence-electron chi connectivity index (χ3n) is 3.00. The van der Waals surface area contributed by atoms with Gasteiger partial charge in [0.15, 0.2) is 0 Å². The molecule has 17 heavy (non-hydrogen) atoms. The van der Waals surface area contributed by atoms with Crippen molar-refractivity contribution in [3.8, 4) is 6.07 Å². The highest BCUT2D eigenvalue weighted by Crippen LogP contribution is 2.17. The number of anilines is 1. The quantitative estimate of drug-likeness (QED) is 0.870. The van der Waals surface area contributed by atoms with E-state index in [9.17, 15) is 4.39 Å². The standard InChI is InChI=1S/C13H15FN2O/c14-13-7-12(2-1-11(13)8-15)16-5-3-10-4-6-17-9-10/h1-2,7,10,16H,3-6,9H2. The molecule has 0 amide bonds. The number of ether oxygens (including phenoxy) is 1. The summed E-state index contributed by atoms with van der Waals surface area (Å²) in [4.78, 5) is 0. The first kappa shape index (κ1) is 11.9. The monoisotopic (exact) mass is 234 g/mol. The number of nitrogens with zero attached hydrogens (tertiary/aromatic N) is 1. The van der Waals surface area contributed by atoms with Gasteiger partial charge in [0, 0.05) is 25.4 Å². The number of nitrogens with one attached hydrogen (secondary N) is 1. The summed E-state index contributed by atoms with van der Waals surface area (Å²) >= 11 is 0. The van der Waals surface area contributed by atoms with Crippen LogP contribution in [0.1, 0.15) is 18.4 Å². The molecule has 0 saturated carbocycles. The lowest BCUT2D eigenvalue weighted by atomic mass is 10.1. The predicted octanol–water partition coefficient (Wildman–Crippen LogP) is 2.54. The van der Waals surface area contributed by atoms with Crippen molar-refractivity contribution in [1.29, 1.82) is 5.26 Å². The number of hydrogen-bond donors (Lipinski definition) is 1. The molecule has 2 rings (SSSR count). The van der Waals surface area contributed by atoms with E-state index in [0.29, 0.717) is 5.92 Å². The zero-order valence-corrected chi connectivity index (χ0v) is 9.58. The summed E-state index contributed by atoms with van der Waals surface area (Å²) in [5.41, 5.74) is 0.806. The number of rotatable bonds is 4. The van der Waals surface area contributed by atoms with E-state index in [1.54, 1.807) is 12.1 Å². The van der Waals surface area contributed by atoms with E-state index < -0.39 is 5.82 Å². The number of hydrogen-bond acceptors (Lipinski definition) is 3. The van der Waals surface area contributed by atoms with E-state index in [-0.39, 0.29) is 5.56 Å². The Morgan fingerprint density at radius 1 is 1.53 bits per heavy atom. The zero-order chi connectivity index (χ0) is 12.1. The highest BCUT2D eigenvalue weighted by atomic mass is 19.1. The van der Waals surface area contributed by atoms with Gasteiger partial charge >= 0.3 is 0 Å². The summed E-state index contributed by atoms with van der Waals surface area (Å²) in [5, 5.41) is 11.8. The molecule has 0 bridgehead atoms. The van der Waals surface area contributed by atoms with Crippen LogP contribution in [0.2, 0.25) is 0 Å². The van der Waals surface area contributed by atoms with Crippen LogP contribution in [0.5, 0.6) is 0 Å². The van der Waals surface area contributed by atoms with Gasteiger partial charge in [-0.3, -0.25) is 0 Å². The summed E-state index contributed by atoms with van der Waals surface area (Å²) in [6.45, 7) is 2.50. The molecule has 1 aromatic carbocycles. The minimum Gasteiger partial charge on any atom is -0.385 e. The Hall–Kier alpha value is -1.60. The number of halogens is 1. The van der Waals surface area contributed by atoms with Crippen LogP contribution in [0.25, 0.3) is 0 Å². The topological polar surface area (TPSA) is 45.0 Å². The normalized spacial score (nSPS) is 18.9. The van der Waals surface area contributed by atoms with E-state index >= 15 is 0 Å². The Morgan fingerprint density at radius 2 is 2.41 bits per heavy atom. The fourth-order valence-corrected chi connectivity index (χ4v) is 1.95. The maximum atomic E-state index is 13.3. The van der Waals surface area contributed by atoms with Crippen LogP contribution in [0.15, 0.2) is 18.2 Å². The molecule has 0 spiro atoms. The van der Waals surface area contributed by atoms with Crippen molar-refractivity contribution in [3.05, 3.63) is 29.6 Å². The van der Waals surface area contributed by atoms with Gasteiger partial charge in [-0.05, 0) is 37.0 Å². The van der Waals surface area contributed by atoms with E-state index in [0.717, 1.165) is 38.3 Å². The second-order valence-electron chi connectivity index (χ2n) is 4.25. The molecule has 1 aliphatic heterocycles. The van der Waals surface area contributed by atoms with Crippen LogP contribution in [-0.4, -0.2) is 19.8 Å². The third kappa shape index (κ3) is 3.18. The van der Waals surface area contributed by atoms with Crippen molar-refractivity contribution in [2.45, 2.75) is 12.8 Å². The lowest BCUT2D eigenvalue weighted by Gasteiger charge is -2.10. The van der Waals surface area contributed by atoms with Gasteiger partial charge in [-0.1, -0.05) is 0 Å². The number of benzene rings is 1. The summed E-state index contributed by atoms with van der Waals surface area (Å²) in [7, 11) is 0. The van der Waals surface area contributed by atoms with Crippen molar-refractivity contribution in [2.75, 3.05) is 25.1 Å². The molecular formula is C13H15FN2O. The molecule has 1 N–H and O–H groups in total. The second kappa shape index (κ2) is 5.65. The fraction of sp³-hybridized carbons (Fsp3) is 0.462. The van der Waals surface area contributed by atoms with E-state index in [2.05, 4.69) is 5.32 Å². The molecule has 4 heteroatoms. The molecule has 90 valence electrons. The fourth-order valence-electron chi connectivity index (χ4n) is 1.95. The first-order valence-corrected chi connectivity index (χ1v) is 5.81. The van der Waals surface area contributed by atoms with Crippen molar-refractivity contribution in [1.82, 2.24) is 0 Å². The van der Waals surface area contributed by atoms with Crippen LogP contribution >= 0.6 is 0 Å². The van der Waals surface area contributed by atoms with Gasteiger partial charge in [0.1, 0.15) is 11.9 Å². The van der Waals surface area contributed by atoms with Gasteiger partial charge in [-0.2, -0.15) is 5.26 Å². The minimum absolute atomic E-state index is 0.0831. The second-order valence-corrected chi connectivity index (χ2v) is 4.25. The number of nitriles is 1. The van der Waals surface area contributed by atoms with Crippen LogP contribution in [0.4, 0.5) is 10.1 Å². The maximum absolute atomic E-state index is 13.3. The van der Waals surface area contributed by atoms with Crippen LogP contribution < -0.4 is 5.32 Å². The highest BCUT2D eigenvalue weighted by molar-refractivity contribution is 5.48. The third-order valence-corrected chi connectivity index (χ3v) is 3.00. The van der Waals surface area contributed by atoms with E-state index in [4.69, 9.17) is 10.00 Å². The van der Waals surface area contributed by atoms with Gasteiger partial charge in [0.25, 0.3) is 0 Å². The van der Waals surface area contributed by atoms with Crippen molar-refractivity contribution in [3.63, 3.8) is 0 Å². The van der Waals surface area contributed by atoms with Crippen molar-refractivity contribution >= 4 is 5.69 Å². The average Bonchev–Trinajstić information content (AvgIpc) is 2.82. The Labute approximate surface area is 100 Å². The largest absolute Gasteiger partial charge is 0.385 e. The van der Waals surface area contributed by atoms with Gasteiger partial charge in [-0.15, -0.1) is 0 Å². The molecule has 3 nitrogen and oxygen atoms in total. The molecule has 1 saturated heterocycles. The SMILES string of the molecule is N#Cc1ccc(NCCC2CCOC2)cc1F. The molecule has 1 unspecified atom stereocenters. The molecule has 1 heterocycles. The molecule has 0 radical (unpaired) electrons. The maximum Gasteiger partial charge on any atom is 0.143 e. The molecule has 1 aromatic rings. The summed E-state index contributed by atoms with van der Waals surface area (Å²) in [6, 6.07) is 6.39. The molecule has 1 atom stereocenters. The predicted molar refractivity (Wildman–Crippen MR) is 63.1 cm³/mol. The Morgan fingerprint density at radius 3 is 3.06 bits per heavy atom. The van der Waals surface area contributed by atoms with Gasteiger partial charge in [0.2, 0.25) is 0 Å². The zero-order valence-electron chi connectivity index (χ0n) is 9.58. The Balaban J connectivity index is 1.82. The molecule has 0 aliphatic carbocycles. The van der Waals surface area contributed by atoms with Gasteiger partial charge < -0.3 is 10.1 Å². The minimum atomic E-state index is -0.471. The molecular weight excluding hydrogens is 219 g/mol. The average molecular weight is 234 g/mol. The molecule has 0 aromatic heterocycles. The van der Waals surface area contributed by atoms with Gasteiger partial charge in [-0.25, -0.2) is 4.39 Å². The Kier molecular flexibility index (Phi) is 3.94. The highest BCUT2D eigenvalue weighted by Gasteiger charge is 2.14. The molecule has 1 fully saturated rings. The first-order valence-electron chi connectivity index (χ1n) is 5.81. The van der Waals surface area contributed by atoms with Crippen molar-refractivity contribution in [2.24, 2.45) is 5.92 Å². The summed E-state index contributed by atoms with van der Waals surface area (Å²) in [6.07, 6.45) is 2.14. The lowest BCUT2D eigenvalue weighted by molar-refractivity contribution is 0.185. The van der Waals surface area contributed by atoms with Crippen LogP contribution in [0, 0.1) is 23.1 Å². The van der Waals surface area contributed by atoms with Crippen LogP contribution in [0.3, 0.4) is 0 Å². The lowest BCUT2D eigenvalue weighted by Crippen LogP contribution is -2.09. The van der Waals surface area contributed by atoms with Gasteiger partial charge in [0.05, 0.1) is 5.56 Å². The summed E-state index contributed by atoms with van der Waals surface area (Å²) < 4.78 is 18.6. The van der Waals surface area contributed by atoms with Crippen molar-refractivity contribution < 1.29 is 9.13 Å². The first-order chi connectivity index (χ1) is 8.29. The van der Waals surface area contributed by atoms with Crippen LogP contribution in [-0.2, 0) is 4.74 Å². The summed E-state index contributed by atoms with van der Waals surface area (Å²) in [5.74, 6) is 0.146. The smallest absolute Gasteiger partial charge is 0.143 e. The van der Waals surface area contributed by atoms with E-state index in [1.165, 1.54) is 12.1 Å².